The van der Waals surface area contributed by atoms with E-state index in [0.29, 0.717) is 17.2 Å². The zero-order chi connectivity index (χ0) is 15.9. The van der Waals surface area contributed by atoms with E-state index in [9.17, 15) is 10.1 Å². The van der Waals surface area contributed by atoms with Gasteiger partial charge in [-0.15, -0.1) is 0 Å². The Labute approximate surface area is 137 Å². The van der Waals surface area contributed by atoms with Crippen LogP contribution in [0.1, 0.15) is 18.4 Å². The third-order valence-electron chi connectivity index (χ3n) is 3.06. The summed E-state index contributed by atoms with van der Waals surface area (Å²) < 4.78 is 5.46. The summed E-state index contributed by atoms with van der Waals surface area (Å²) in [6.07, 6.45) is 3.71. The lowest BCUT2D eigenvalue weighted by Crippen LogP contribution is -2.37. The minimum Gasteiger partial charge on any atom is -0.376 e. The highest BCUT2D eigenvalue weighted by molar-refractivity contribution is 7.80. The van der Waals surface area contributed by atoms with Gasteiger partial charge in [-0.1, -0.05) is 17.7 Å². The molecule has 9 heteroatoms. The first kappa shape index (κ1) is 16.6. The van der Waals surface area contributed by atoms with Crippen molar-refractivity contribution in [2.24, 2.45) is 5.10 Å². The quantitative estimate of drug-likeness (QED) is 0.369. The number of nitrogens with one attached hydrogen (secondary N) is 2. The number of ether oxygens (including phenoxy) is 1. The monoisotopic (exact) mass is 342 g/mol. The Balaban J connectivity index is 1.82. The number of benzene rings is 1. The SMILES string of the molecule is O=[N+]([O-])c1cc(/C=N\NC(=S)NC[C@@H]2CCCO2)ccc1Cl. The topological polar surface area (TPSA) is 88.8 Å². The Kier molecular flexibility index (Phi) is 6.05. The van der Waals surface area contributed by atoms with Crippen LogP contribution in [-0.4, -0.2) is 35.5 Å². The number of nitro groups is 1. The molecule has 0 saturated carbocycles. The molecule has 1 atom stereocenters. The van der Waals surface area contributed by atoms with Crippen molar-refractivity contribution in [1.82, 2.24) is 10.7 Å². The maximum atomic E-state index is 10.8. The zero-order valence-electron chi connectivity index (χ0n) is 11.6. The zero-order valence-corrected chi connectivity index (χ0v) is 13.2. The molecule has 1 saturated heterocycles. The third-order valence-corrected chi connectivity index (χ3v) is 3.62. The summed E-state index contributed by atoms with van der Waals surface area (Å²) in [7, 11) is 0. The van der Waals surface area contributed by atoms with Crippen molar-refractivity contribution >= 4 is 40.8 Å². The summed E-state index contributed by atoms with van der Waals surface area (Å²) >= 11 is 10.8. The molecule has 0 aromatic heterocycles. The molecule has 0 amide bonds. The van der Waals surface area contributed by atoms with Gasteiger partial charge in [0.1, 0.15) is 5.02 Å². The molecule has 0 unspecified atom stereocenters. The first-order valence-electron chi connectivity index (χ1n) is 6.68. The van der Waals surface area contributed by atoms with Crippen LogP contribution in [0.4, 0.5) is 5.69 Å². The molecule has 22 heavy (non-hydrogen) atoms. The van der Waals surface area contributed by atoms with Gasteiger partial charge in [-0.3, -0.25) is 15.5 Å². The molecular formula is C13H15ClN4O3S. The van der Waals surface area contributed by atoms with Crippen LogP contribution in [-0.2, 0) is 4.74 Å². The van der Waals surface area contributed by atoms with E-state index in [1.807, 2.05) is 0 Å². The molecule has 0 aliphatic carbocycles. The summed E-state index contributed by atoms with van der Waals surface area (Å²) in [4.78, 5) is 10.2. The van der Waals surface area contributed by atoms with E-state index in [-0.39, 0.29) is 16.8 Å². The highest BCUT2D eigenvalue weighted by atomic mass is 35.5. The normalized spacial score (nSPS) is 17.6. The number of hydrazone groups is 1. The summed E-state index contributed by atoms with van der Waals surface area (Å²) in [5, 5.41) is 18.2. The lowest BCUT2D eigenvalue weighted by molar-refractivity contribution is -0.384. The molecular weight excluding hydrogens is 328 g/mol. The molecule has 0 bridgehead atoms. The van der Waals surface area contributed by atoms with E-state index < -0.39 is 4.92 Å². The van der Waals surface area contributed by atoms with E-state index in [1.165, 1.54) is 18.3 Å². The number of nitro benzene ring substituents is 1. The van der Waals surface area contributed by atoms with Crippen LogP contribution in [0.3, 0.4) is 0 Å². The van der Waals surface area contributed by atoms with E-state index in [2.05, 4.69) is 15.8 Å². The van der Waals surface area contributed by atoms with Crippen molar-refractivity contribution in [2.75, 3.05) is 13.2 Å². The molecule has 0 spiro atoms. The fourth-order valence-electron chi connectivity index (χ4n) is 1.97. The molecule has 118 valence electrons. The predicted molar refractivity (Wildman–Crippen MR) is 88.4 cm³/mol. The van der Waals surface area contributed by atoms with Gasteiger partial charge in [0.05, 0.1) is 17.2 Å². The molecule has 1 heterocycles. The van der Waals surface area contributed by atoms with E-state index in [0.717, 1.165) is 19.4 Å². The second-order valence-corrected chi connectivity index (χ2v) is 5.50. The van der Waals surface area contributed by atoms with E-state index in [1.54, 1.807) is 6.07 Å². The fourth-order valence-corrected chi connectivity index (χ4v) is 2.29. The van der Waals surface area contributed by atoms with Gasteiger partial charge in [0.2, 0.25) is 0 Å². The lowest BCUT2D eigenvalue weighted by Gasteiger charge is -2.11. The lowest BCUT2D eigenvalue weighted by atomic mass is 10.2. The number of hydrogen-bond acceptors (Lipinski definition) is 5. The molecule has 1 aromatic rings. The van der Waals surface area contributed by atoms with Gasteiger partial charge < -0.3 is 10.1 Å². The average Bonchev–Trinajstić information content (AvgIpc) is 3.00. The maximum absolute atomic E-state index is 10.8. The summed E-state index contributed by atoms with van der Waals surface area (Å²) in [5.41, 5.74) is 3.03. The highest BCUT2D eigenvalue weighted by Gasteiger charge is 2.15. The smallest absolute Gasteiger partial charge is 0.288 e. The number of hydrogen-bond donors (Lipinski definition) is 2. The van der Waals surface area contributed by atoms with Crippen LogP contribution in [0, 0.1) is 10.1 Å². The summed E-state index contributed by atoms with van der Waals surface area (Å²) in [6, 6.07) is 4.43. The second kappa shape index (κ2) is 8.02. The summed E-state index contributed by atoms with van der Waals surface area (Å²) in [5.74, 6) is 0. The number of rotatable bonds is 5. The van der Waals surface area contributed by atoms with Gasteiger partial charge in [0, 0.05) is 24.8 Å². The Hall–Kier alpha value is -1.77. The molecule has 1 aliphatic rings. The largest absolute Gasteiger partial charge is 0.376 e. The maximum Gasteiger partial charge on any atom is 0.288 e. The third kappa shape index (κ3) is 4.90. The first-order valence-corrected chi connectivity index (χ1v) is 7.47. The van der Waals surface area contributed by atoms with Gasteiger partial charge in [0.25, 0.3) is 5.69 Å². The molecule has 1 fully saturated rings. The van der Waals surface area contributed by atoms with Crippen molar-refractivity contribution in [3.63, 3.8) is 0 Å². The molecule has 2 N–H and O–H groups in total. The van der Waals surface area contributed by atoms with Crippen molar-refractivity contribution < 1.29 is 9.66 Å². The van der Waals surface area contributed by atoms with Gasteiger partial charge >= 0.3 is 0 Å². The van der Waals surface area contributed by atoms with Crippen molar-refractivity contribution in [1.29, 1.82) is 0 Å². The van der Waals surface area contributed by atoms with Crippen molar-refractivity contribution in [2.45, 2.75) is 18.9 Å². The predicted octanol–water partition coefficient (Wildman–Crippen LogP) is 2.23. The van der Waals surface area contributed by atoms with Gasteiger partial charge in [-0.2, -0.15) is 5.10 Å². The highest BCUT2D eigenvalue weighted by Crippen LogP contribution is 2.24. The molecule has 1 aliphatic heterocycles. The average molecular weight is 343 g/mol. The number of nitrogens with zero attached hydrogens (tertiary/aromatic N) is 2. The van der Waals surface area contributed by atoms with E-state index >= 15 is 0 Å². The van der Waals surface area contributed by atoms with Gasteiger partial charge in [-0.05, 0) is 31.1 Å². The number of thiocarbonyl (C=S) groups is 1. The first-order chi connectivity index (χ1) is 10.6. The Morgan fingerprint density at radius 3 is 3.14 bits per heavy atom. The van der Waals surface area contributed by atoms with Crippen LogP contribution in [0.25, 0.3) is 0 Å². The molecule has 7 nitrogen and oxygen atoms in total. The Morgan fingerprint density at radius 1 is 1.64 bits per heavy atom. The van der Waals surface area contributed by atoms with Gasteiger partial charge in [-0.25, -0.2) is 0 Å². The van der Waals surface area contributed by atoms with Crippen LogP contribution in [0.5, 0.6) is 0 Å². The van der Waals surface area contributed by atoms with Crippen LogP contribution in [0.2, 0.25) is 5.02 Å². The fraction of sp³-hybridized carbons (Fsp3) is 0.385. The number of halogens is 1. The molecule has 2 rings (SSSR count). The van der Waals surface area contributed by atoms with E-state index in [4.69, 9.17) is 28.6 Å². The Morgan fingerprint density at radius 2 is 2.45 bits per heavy atom. The minimum absolute atomic E-state index is 0.0869. The van der Waals surface area contributed by atoms with Crippen molar-refractivity contribution in [3.05, 3.63) is 38.9 Å². The van der Waals surface area contributed by atoms with Crippen molar-refractivity contribution in [3.8, 4) is 0 Å². The minimum atomic E-state index is -0.541. The van der Waals surface area contributed by atoms with Gasteiger partial charge in [0.15, 0.2) is 5.11 Å². The van der Waals surface area contributed by atoms with Crippen LogP contribution >= 0.6 is 23.8 Å². The molecule has 0 radical (unpaired) electrons. The van der Waals surface area contributed by atoms with Crippen LogP contribution < -0.4 is 10.7 Å². The standard InChI is InChI=1S/C13H15ClN4O3S/c14-11-4-3-9(6-12(11)18(19)20)7-16-17-13(22)15-8-10-2-1-5-21-10/h3-4,6-7,10H,1-2,5,8H2,(H2,15,17,22)/b16-7-/t10-/m0/s1. The Bertz CT molecular complexity index is 591. The summed E-state index contributed by atoms with van der Waals surface area (Å²) in [6.45, 7) is 1.42. The van der Waals surface area contributed by atoms with Crippen LogP contribution in [0.15, 0.2) is 23.3 Å². The molecule has 1 aromatic carbocycles. The second-order valence-electron chi connectivity index (χ2n) is 4.68.